The fraction of sp³-hybridized carbons (Fsp3) is 0.333. The van der Waals surface area contributed by atoms with Crippen LogP contribution in [0.2, 0.25) is 0 Å². The van der Waals surface area contributed by atoms with E-state index < -0.39 is 0 Å². The first kappa shape index (κ1) is 11.1. The SMILES string of the molecule is N#CCCCCNc1cccc(C#N)c1. The predicted octanol–water partition coefficient (Wildman–Crippen LogP) is 2.66. The Morgan fingerprint density at radius 3 is 2.80 bits per heavy atom. The standard InChI is InChI=1S/C12H13N3/c13-7-2-1-3-8-15-12-6-4-5-11(9-12)10-14/h4-6,9,15H,1-3,8H2. The fourth-order valence-corrected chi connectivity index (χ4v) is 1.26. The van der Waals surface area contributed by atoms with Gasteiger partial charge in [-0.15, -0.1) is 0 Å². The number of rotatable bonds is 5. The molecule has 0 fully saturated rings. The highest BCUT2D eigenvalue weighted by Gasteiger charge is 1.93. The van der Waals surface area contributed by atoms with Crippen LogP contribution in [0, 0.1) is 22.7 Å². The Hall–Kier alpha value is -2.00. The summed E-state index contributed by atoms with van der Waals surface area (Å²) >= 11 is 0. The van der Waals surface area contributed by atoms with E-state index in [1.54, 1.807) is 6.07 Å². The number of benzene rings is 1. The minimum absolute atomic E-state index is 0.611. The first-order valence-corrected chi connectivity index (χ1v) is 4.98. The molecule has 76 valence electrons. The van der Waals surface area contributed by atoms with Crippen molar-refractivity contribution in [2.75, 3.05) is 11.9 Å². The normalized spacial score (nSPS) is 8.93. The molecule has 0 aliphatic rings. The van der Waals surface area contributed by atoms with E-state index in [0.29, 0.717) is 12.0 Å². The van der Waals surface area contributed by atoms with Crippen LogP contribution in [0.1, 0.15) is 24.8 Å². The number of unbranched alkanes of at least 4 members (excludes halogenated alkanes) is 2. The smallest absolute Gasteiger partial charge is 0.0992 e. The molecule has 1 rings (SSSR count). The zero-order chi connectivity index (χ0) is 10.9. The van der Waals surface area contributed by atoms with Crippen LogP contribution in [0.5, 0.6) is 0 Å². The molecule has 0 saturated carbocycles. The van der Waals surface area contributed by atoms with Crippen molar-refractivity contribution in [2.45, 2.75) is 19.3 Å². The van der Waals surface area contributed by atoms with Gasteiger partial charge in [-0.25, -0.2) is 0 Å². The Bertz CT molecular complexity index is 385. The zero-order valence-electron chi connectivity index (χ0n) is 8.53. The third-order valence-corrected chi connectivity index (χ3v) is 2.04. The van der Waals surface area contributed by atoms with Crippen molar-refractivity contribution in [3.63, 3.8) is 0 Å². The lowest BCUT2D eigenvalue weighted by Gasteiger charge is -2.05. The van der Waals surface area contributed by atoms with Crippen molar-refractivity contribution in [1.82, 2.24) is 0 Å². The van der Waals surface area contributed by atoms with Crippen molar-refractivity contribution in [2.24, 2.45) is 0 Å². The van der Waals surface area contributed by atoms with Crippen molar-refractivity contribution < 1.29 is 0 Å². The van der Waals surface area contributed by atoms with E-state index in [9.17, 15) is 0 Å². The molecule has 0 aliphatic carbocycles. The van der Waals surface area contributed by atoms with Crippen LogP contribution >= 0.6 is 0 Å². The third-order valence-electron chi connectivity index (χ3n) is 2.04. The summed E-state index contributed by atoms with van der Waals surface area (Å²) in [6.07, 6.45) is 2.51. The van der Waals surface area contributed by atoms with E-state index in [2.05, 4.69) is 17.5 Å². The molecule has 1 N–H and O–H groups in total. The van der Waals surface area contributed by atoms with Crippen molar-refractivity contribution in [1.29, 1.82) is 10.5 Å². The molecule has 0 saturated heterocycles. The van der Waals surface area contributed by atoms with Crippen LogP contribution in [-0.4, -0.2) is 6.54 Å². The van der Waals surface area contributed by atoms with E-state index in [0.717, 1.165) is 25.1 Å². The predicted molar refractivity (Wildman–Crippen MR) is 59.1 cm³/mol. The summed E-state index contributed by atoms with van der Waals surface area (Å²) in [5.74, 6) is 0. The number of hydrogen-bond acceptors (Lipinski definition) is 3. The molecular weight excluding hydrogens is 186 g/mol. The van der Waals surface area contributed by atoms with Gasteiger partial charge in [0.2, 0.25) is 0 Å². The molecule has 0 radical (unpaired) electrons. The molecule has 0 bridgehead atoms. The monoisotopic (exact) mass is 199 g/mol. The maximum atomic E-state index is 8.69. The van der Waals surface area contributed by atoms with Crippen LogP contribution in [-0.2, 0) is 0 Å². The van der Waals surface area contributed by atoms with Gasteiger partial charge in [-0.1, -0.05) is 6.07 Å². The van der Waals surface area contributed by atoms with Gasteiger partial charge >= 0.3 is 0 Å². The van der Waals surface area contributed by atoms with Gasteiger partial charge < -0.3 is 5.32 Å². The van der Waals surface area contributed by atoms with Crippen molar-refractivity contribution in [3.05, 3.63) is 29.8 Å². The molecule has 0 heterocycles. The van der Waals surface area contributed by atoms with Gasteiger partial charge in [0.1, 0.15) is 0 Å². The van der Waals surface area contributed by atoms with Crippen LogP contribution < -0.4 is 5.32 Å². The first-order chi connectivity index (χ1) is 7.36. The topological polar surface area (TPSA) is 59.6 Å². The van der Waals surface area contributed by atoms with E-state index in [1.165, 1.54) is 0 Å². The number of anilines is 1. The molecular formula is C12H13N3. The van der Waals surface area contributed by atoms with Crippen LogP contribution in [0.4, 0.5) is 5.69 Å². The Labute approximate surface area is 90.0 Å². The maximum absolute atomic E-state index is 8.69. The second-order valence-corrected chi connectivity index (χ2v) is 3.23. The fourth-order valence-electron chi connectivity index (χ4n) is 1.26. The molecule has 3 nitrogen and oxygen atoms in total. The summed E-state index contributed by atoms with van der Waals surface area (Å²) in [6, 6.07) is 11.6. The van der Waals surface area contributed by atoms with E-state index in [-0.39, 0.29) is 0 Å². The maximum Gasteiger partial charge on any atom is 0.0992 e. The van der Waals surface area contributed by atoms with Gasteiger partial charge in [0.25, 0.3) is 0 Å². The van der Waals surface area contributed by atoms with Crippen LogP contribution in [0.3, 0.4) is 0 Å². The van der Waals surface area contributed by atoms with Gasteiger partial charge in [0, 0.05) is 18.7 Å². The van der Waals surface area contributed by atoms with Crippen molar-refractivity contribution >= 4 is 5.69 Å². The molecule has 0 unspecified atom stereocenters. The lowest BCUT2D eigenvalue weighted by Crippen LogP contribution is -2.01. The van der Waals surface area contributed by atoms with Gasteiger partial charge in [0.05, 0.1) is 17.7 Å². The van der Waals surface area contributed by atoms with E-state index >= 15 is 0 Å². The molecule has 1 aromatic rings. The van der Waals surface area contributed by atoms with Crippen LogP contribution in [0.15, 0.2) is 24.3 Å². The third kappa shape index (κ3) is 4.15. The molecule has 0 aromatic heterocycles. The average Bonchev–Trinajstić information content (AvgIpc) is 2.29. The van der Waals surface area contributed by atoms with Gasteiger partial charge in [-0.2, -0.15) is 10.5 Å². The highest BCUT2D eigenvalue weighted by atomic mass is 14.9. The second kappa shape index (κ2) is 6.45. The van der Waals surface area contributed by atoms with Gasteiger partial charge in [-0.3, -0.25) is 0 Å². The highest BCUT2D eigenvalue weighted by molar-refractivity contribution is 5.48. The van der Waals surface area contributed by atoms with Crippen LogP contribution in [0.25, 0.3) is 0 Å². The Morgan fingerprint density at radius 1 is 1.20 bits per heavy atom. The minimum Gasteiger partial charge on any atom is -0.385 e. The zero-order valence-corrected chi connectivity index (χ0v) is 8.53. The lowest BCUT2D eigenvalue weighted by atomic mass is 10.2. The summed E-state index contributed by atoms with van der Waals surface area (Å²) in [5.41, 5.74) is 1.63. The molecule has 0 aliphatic heterocycles. The lowest BCUT2D eigenvalue weighted by molar-refractivity contribution is 0.784. The van der Waals surface area contributed by atoms with E-state index in [1.807, 2.05) is 18.2 Å². The number of nitriles is 2. The summed E-state index contributed by atoms with van der Waals surface area (Å²) < 4.78 is 0. The molecule has 0 amide bonds. The van der Waals surface area contributed by atoms with Gasteiger partial charge in [0.15, 0.2) is 0 Å². The minimum atomic E-state index is 0.611. The molecule has 1 aromatic carbocycles. The Balaban J connectivity index is 2.32. The summed E-state index contributed by atoms with van der Waals surface area (Å²) in [6.45, 7) is 0.844. The molecule has 15 heavy (non-hydrogen) atoms. The summed E-state index contributed by atoms with van der Waals surface area (Å²) in [4.78, 5) is 0. The number of hydrogen-bond donors (Lipinski definition) is 1. The number of nitrogens with one attached hydrogen (secondary N) is 1. The first-order valence-electron chi connectivity index (χ1n) is 4.98. The molecule has 0 spiro atoms. The average molecular weight is 199 g/mol. The van der Waals surface area contributed by atoms with Gasteiger partial charge in [-0.05, 0) is 31.0 Å². The van der Waals surface area contributed by atoms with E-state index in [4.69, 9.17) is 10.5 Å². The molecule has 3 heteroatoms. The van der Waals surface area contributed by atoms with Crippen molar-refractivity contribution in [3.8, 4) is 12.1 Å². The molecule has 0 atom stereocenters. The second-order valence-electron chi connectivity index (χ2n) is 3.23. The Kier molecular flexibility index (Phi) is 4.77. The summed E-state index contributed by atoms with van der Waals surface area (Å²) in [5, 5.41) is 20.3. The highest BCUT2D eigenvalue weighted by Crippen LogP contribution is 2.09. The Morgan fingerprint density at radius 2 is 2.07 bits per heavy atom. The summed E-state index contributed by atoms with van der Waals surface area (Å²) in [7, 11) is 0. The quantitative estimate of drug-likeness (QED) is 0.741. The largest absolute Gasteiger partial charge is 0.385 e. The number of nitrogens with zero attached hydrogens (tertiary/aromatic N) is 2.